The molecule has 0 atom stereocenters. The molecule has 2 rings (SSSR count). The molecule has 0 radical (unpaired) electrons. The Hall–Kier alpha value is -3.15. The Morgan fingerprint density at radius 2 is 1.82 bits per heavy atom. The third-order valence-corrected chi connectivity index (χ3v) is 2.89. The zero-order valence-corrected chi connectivity index (χ0v) is 11.7. The number of phenols is 1. The third kappa shape index (κ3) is 3.69. The average molecular weight is 299 g/mol. The van der Waals surface area contributed by atoms with E-state index in [1.165, 1.54) is 36.4 Å². The minimum Gasteiger partial charge on any atom is -0.507 e. The number of nitrogens with zero attached hydrogens (tertiary/aromatic N) is 1. The molecule has 112 valence electrons. The van der Waals surface area contributed by atoms with Crippen LogP contribution in [0, 0.1) is 10.1 Å². The summed E-state index contributed by atoms with van der Waals surface area (Å²) in [6, 6.07) is 11.8. The molecule has 2 aromatic carbocycles. The maximum atomic E-state index is 11.9. The van der Waals surface area contributed by atoms with Crippen molar-refractivity contribution in [3.63, 3.8) is 0 Å². The second-order valence-corrected chi connectivity index (χ2v) is 4.53. The Kier molecular flexibility index (Phi) is 4.53. The van der Waals surface area contributed by atoms with E-state index in [0.29, 0.717) is 11.1 Å². The molecule has 0 amide bonds. The molecule has 1 N–H and O–H groups in total. The van der Waals surface area contributed by atoms with Crippen molar-refractivity contribution in [2.75, 3.05) is 0 Å². The SMILES string of the molecule is C/C(=C\c1ccccc1O)C(=O)Oc1ccc([N+](=O)[O-])cc1. The fraction of sp³-hybridized carbons (Fsp3) is 0.0625. The lowest BCUT2D eigenvalue weighted by Crippen LogP contribution is -2.09. The minimum atomic E-state index is -0.600. The van der Waals surface area contributed by atoms with Crippen LogP contribution < -0.4 is 4.74 Å². The lowest BCUT2D eigenvalue weighted by molar-refractivity contribution is -0.384. The van der Waals surface area contributed by atoms with Gasteiger partial charge in [-0.1, -0.05) is 18.2 Å². The first-order chi connectivity index (χ1) is 10.5. The maximum absolute atomic E-state index is 11.9. The van der Waals surface area contributed by atoms with Crippen molar-refractivity contribution in [1.82, 2.24) is 0 Å². The third-order valence-electron chi connectivity index (χ3n) is 2.89. The van der Waals surface area contributed by atoms with Crippen LogP contribution >= 0.6 is 0 Å². The summed E-state index contributed by atoms with van der Waals surface area (Å²) >= 11 is 0. The largest absolute Gasteiger partial charge is 0.507 e. The predicted octanol–water partition coefficient (Wildman–Crippen LogP) is 3.31. The van der Waals surface area contributed by atoms with Gasteiger partial charge in [0.05, 0.1) is 4.92 Å². The summed E-state index contributed by atoms with van der Waals surface area (Å²) < 4.78 is 5.11. The average Bonchev–Trinajstić information content (AvgIpc) is 2.50. The number of ether oxygens (including phenoxy) is 1. The number of benzene rings is 2. The number of hydrogen-bond donors (Lipinski definition) is 1. The van der Waals surface area contributed by atoms with Crippen molar-refractivity contribution in [2.24, 2.45) is 0 Å². The number of nitro groups is 1. The summed E-state index contributed by atoms with van der Waals surface area (Å²) in [6.07, 6.45) is 1.50. The minimum absolute atomic E-state index is 0.0602. The van der Waals surface area contributed by atoms with Crippen LogP contribution in [0.2, 0.25) is 0 Å². The zero-order chi connectivity index (χ0) is 16.1. The van der Waals surface area contributed by atoms with Crippen molar-refractivity contribution in [3.05, 3.63) is 69.8 Å². The van der Waals surface area contributed by atoms with Gasteiger partial charge in [0.15, 0.2) is 0 Å². The highest BCUT2D eigenvalue weighted by atomic mass is 16.6. The van der Waals surface area contributed by atoms with Crippen LogP contribution in [0.25, 0.3) is 6.08 Å². The Labute approximate surface area is 126 Å². The quantitative estimate of drug-likeness (QED) is 0.307. The molecule has 0 aromatic heterocycles. The second kappa shape index (κ2) is 6.53. The van der Waals surface area contributed by atoms with Crippen LogP contribution in [-0.4, -0.2) is 16.0 Å². The van der Waals surface area contributed by atoms with Crippen LogP contribution in [0.5, 0.6) is 11.5 Å². The molecule has 0 spiro atoms. The Morgan fingerprint density at radius 1 is 1.18 bits per heavy atom. The number of non-ortho nitro benzene ring substituents is 1. The number of carbonyl (C=O) groups is 1. The number of rotatable bonds is 4. The Bertz CT molecular complexity index is 734. The highest BCUT2D eigenvalue weighted by molar-refractivity contribution is 5.94. The van der Waals surface area contributed by atoms with E-state index >= 15 is 0 Å². The first-order valence-corrected chi connectivity index (χ1v) is 6.40. The zero-order valence-electron chi connectivity index (χ0n) is 11.7. The van der Waals surface area contributed by atoms with Crippen molar-refractivity contribution in [1.29, 1.82) is 0 Å². The molecule has 0 saturated carbocycles. The summed E-state index contributed by atoms with van der Waals surface area (Å²) in [7, 11) is 0. The highest BCUT2D eigenvalue weighted by Gasteiger charge is 2.10. The topological polar surface area (TPSA) is 89.7 Å². The summed E-state index contributed by atoms with van der Waals surface area (Å²) in [5.41, 5.74) is 0.710. The van der Waals surface area contributed by atoms with E-state index in [9.17, 15) is 20.0 Å². The van der Waals surface area contributed by atoms with E-state index < -0.39 is 10.9 Å². The number of carbonyl (C=O) groups excluding carboxylic acids is 1. The first-order valence-electron chi connectivity index (χ1n) is 6.40. The van der Waals surface area contributed by atoms with Gasteiger partial charge in [0.2, 0.25) is 0 Å². The number of para-hydroxylation sites is 1. The molecule has 22 heavy (non-hydrogen) atoms. The van der Waals surface area contributed by atoms with Gasteiger partial charge >= 0.3 is 5.97 Å². The number of esters is 1. The molecule has 0 aliphatic rings. The number of hydrogen-bond acceptors (Lipinski definition) is 5. The van der Waals surface area contributed by atoms with E-state index in [-0.39, 0.29) is 17.2 Å². The maximum Gasteiger partial charge on any atom is 0.339 e. The van der Waals surface area contributed by atoms with Crippen LogP contribution in [0.3, 0.4) is 0 Å². The summed E-state index contributed by atoms with van der Waals surface area (Å²) in [5, 5.41) is 20.2. The van der Waals surface area contributed by atoms with E-state index in [1.54, 1.807) is 25.1 Å². The van der Waals surface area contributed by atoms with Crippen LogP contribution in [-0.2, 0) is 4.79 Å². The highest BCUT2D eigenvalue weighted by Crippen LogP contribution is 2.21. The molecular weight excluding hydrogens is 286 g/mol. The first kappa shape index (κ1) is 15.2. The lowest BCUT2D eigenvalue weighted by atomic mass is 10.1. The molecule has 0 aliphatic heterocycles. The van der Waals surface area contributed by atoms with Crippen molar-refractivity contribution in [3.8, 4) is 11.5 Å². The van der Waals surface area contributed by atoms with E-state index in [0.717, 1.165) is 0 Å². The van der Waals surface area contributed by atoms with Gasteiger partial charge in [-0.15, -0.1) is 0 Å². The molecule has 0 heterocycles. The van der Waals surface area contributed by atoms with Gasteiger partial charge in [-0.3, -0.25) is 10.1 Å². The normalized spacial score (nSPS) is 11.0. The van der Waals surface area contributed by atoms with E-state index in [4.69, 9.17) is 4.74 Å². The second-order valence-electron chi connectivity index (χ2n) is 4.53. The molecular formula is C16H13NO5. The summed E-state index contributed by atoms with van der Waals surface area (Å²) in [5.74, 6) is -0.331. The van der Waals surface area contributed by atoms with E-state index in [1.807, 2.05) is 0 Å². The molecule has 0 saturated heterocycles. The Balaban J connectivity index is 2.11. The molecule has 0 bridgehead atoms. The monoisotopic (exact) mass is 299 g/mol. The molecule has 2 aromatic rings. The van der Waals surface area contributed by atoms with Gasteiger partial charge in [-0.25, -0.2) is 4.79 Å². The number of phenolic OH excluding ortho intramolecular Hbond substituents is 1. The number of aromatic hydroxyl groups is 1. The van der Waals surface area contributed by atoms with Gasteiger partial charge in [-0.2, -0.15) is 0 Å². The lowest BCUT2D eigenvalue weighted by Gasteiger charge is -2.05. The molecule has 0 aliphatic carbocycles. The molecule has 6 nitrogen and oxygen atoms in total. The van der Waals surface area contributed by atoms with Crippen molar-refractivity contribution < 1.29 is 19.6 Å². The van der Waals surface area contributed by atoms with Crippen molar-refractivity contribution in [2.45, 2.75) is 6.92 Å². The molecule has 6 heteroatoms. The van der Waals surface area contributed by atoms with E-state index in [2.05, 4.69) is 0 Å². The standard InChI is InChI=1S/C16H13NO5/c1-11(10-12-4-2-3-5-15(12)18)16(19)22-14-8-6-13(7-9-14)17(20)21/h2-10,18H,1H3/b11-10+. The number of nitro benzene ring substituents is 1. The molecule has 0 fully saturated rings. The fourth-order valence-electron chi connectivity index (χ4n) is 1.73. The fourth-order valence-corrected chi connectivity index (χ4v) is 1.73. The molecule has 0 unspecified atom stereocenters. The van der Waals surface area contributed by atoms with Crippen LogP contribution in [0.4, 0.5) is 5.69 Å². The van der Waals surface area contributed by atoms with Gasteiger partial charge < -0.3 is 9.84 Å². The van der Waals surface area contributed by atoms with Crippen LogP contribution in [0.15, 0.2) is 54.1 Å². The van der Waals surface area contributed by atoms with Gasteiger partial charge in [-0.05, 0) is 31.2 Å². The van der Waals surface area contributed by atoms with Gasteiger partial charge in [0.1, 0.15) is 11.5 Å². The summed E-state index contributed by atoms with van der Waals surface area (Å²) in [4.78, 5) is 22.0. The van der Waals surface area contributed by atoms with Crippen molar-refractivity contribution >= 4 is 17.7 Å². The smallest absolute Gasteiger partial charge is 0.339 e. The van der Waals surface area contributed by atoms with Gasteiger partial charge in [0.25, 0.3) is 5.69 Å². The van der Waals surface area contributed by atoms with Gasteiger partial charge in [0, 0.05) is 23.3 Å². The summed E-state index contributed by atoms with van der Waals surface area (Å²) in [6.45, 7) is 1.56. The Morgan fingerprint density at radius 3 is 2.41 bits per heavy atom. The predicted molar refractivity (Wildman–Crippen MR) is 80.5 cm³/mol. The van der Waals surface area contributed by atoms with Crippen LogP contribution in [0.1, 0.15) is 12.5 Å².